The molecule has 3 aromatic rings. The molecule has 0 aliphatic carbocycles. The predicted molar refractivity (Wildman–Crippen MR) is 96.8 cm³/mol. The zero-order valence-corrected chi connectivity index (χ0v) is 14.3. The molecule has 25 heavy (non-hydrogen) atoms. The molecule has 3 rings (SSSR count). The molecule has 0 aliphatic heterocycles. The third-order valence-electron chi connectivity index (χ3n) is 3.98. The van der Waals surface area contributed by atoms with Crippen molar-refractivity contribution < 1.29 is 9.59 Å². The van der Waals surface area contributed by atoms with Gasteiger partial charge in [-0.15, -0.1) is 0 Å². The number of hydrogen-bond acceptors (Lipinski definition) is 4. The zero-order chi connectivity index (χ0) is 18.0. The van der Waals surface area contributed by atoms with Crippen LogP contribution in [-0.2, 0) is 0 Å². The van der Waals surface area contributed by atoms with E-state index in [0.717, 1.165) is 16.9 Å². The molecule has 0 unspecified atom stereocenters. The second-order valence-electron chi connectivity index (χ2n) is 5.68. The van der Waals surface area contributed by atoms with E-state index in [1.807, 2.05) is 13.8 Å². The van der Waals surface area contributed by atoms with E-state index in [0.29, 0.717) is 22.3 Å². The normalized spacial score (nSPS) is 10.5. The fraction of sp³-hybridized carbons (Fsp3) is 0.158. The van der Waals surface area contributed by atoms with Crippen molar-refractivity contribution in [2.75, 3.05) is 12.4 Å². The van der Waals surface area contributed by atoms with Gasteiger partial charge in [-0.3, -0.25) is 9.59 Å². The maximum Gasteiger partial charge on any atom is 0.255 e. The monoisotopic (exact) mass is 334 g/mol. The fourth-order valence-corrected chi connectivity index (χ4v) is 2.49. The first-order valence-electron chi connectivity index (χ1n) is 7.87. The summed E-state index contributed by atoms with van der Waals surface area (Å²) in [6.07, 6.45) is 0. The number of hydrogen-bond donors (Lipinski definition) is 2. The van der Waals surface area contributed by atoms with Gasteiger partial charge in [0.05, 0.1) is 33.7 Å². The molecule has 2 amide bonds. The van der Waals surface area contributed by atoms with Gasteiger partial charge in [-0.25, -0.2) is 9.97 Å². The summed E-state index contributed by atoms with van der Waals surface area (Å²) < 4.78 is 0. The minimum atomic E-state index is -0.307. The summed E-state index contributed by atoms with van der Waals surface area (Å²) in [6.45, 7) is 3.78. The number of anilines is 1. The van der Waals surface area contributed by atoms with Crippen LogP contribution in [0, 0.1) is 13.8 Å². The lowest BCUT2D eigenvalue weighted by Gasteiger charge is -2.10. The van der Waals surface area contributed by atoms with Crippen LogP contribution in [0.15, 0.2) is 42.5 Å². The molecule has 1 heterocycles. The highest BCUT2D eigenvalue weighted by molar-refractivity contribution is 6.09. The van der Waals surface area contributed by atoms with Crippen molar-refractivity contribution in [1.29, 1.82) is 0 Å². The Balaban J connectivity index is 1.93. The predicted octanol–water partition coefficient (Wildman–Crippen LogP) is 2.86. The van der Waals surface area contributed by atoms with E-state index in [-0.39, 0.29) is 11.8 Å². The van der Waals surface area contributed by atoms with E-state index in [1.165, 1.54) is 0 Å². The number of aryl methyl sites for hydroxylation is 2. The number of carbonyl (C=O) groups is 2. The quantitative estimate of drug-likeness (QED) is 0.771. The summed E-state index contributed by atoms with van der Waals surface area (Å²) in [7, 11) is 1.55. The molecule has 6 nitrogen and oxygen atoms in total. The van der Waals surface area contributed by atoms with Gasteiger partial charge in [-0.2, -0.15) is 0 Å². The Kier molecular flexibility index (Phi) is 4.43. The van der Waals surface area contributed by atoms with Gasteiger partial charge in [0.15, 0.2) is 0 Å². The number of benzene rings is 2. The van der Waals surface area contributed by atoms with E-state index >= 15 is 0 Å². The fourth-order valence-electron chi connectivity index (χ4n) is 2.49. The summed E-state index contributed by atoms with van der Waals surface area (Å²) in [6, 6.07) is 12.0. The summed E-state index contributed by atoms with van der Waals surface area (Å²) in [5.74, 6) is -0.565. The molecule has 0 saturated carbocycles. The molecule has 0 fully saturated rings. The van der Waals surface area contributed by atoms with Gasteiger partial charge in [0.1, 0.15) is 0 Å². The standard InChI is InChI=1S/C19H18N4O2/c1-11-12(2)22-17-10-13(8-9-16(17)21-11)18(24)23-15-7-5-4-6-14(15)19(25)20-3/h4-10H,1-3H3,(H,20,25)(H,23,24). The lowest BCUT2D eigenvalue weighted by molar-refractivity contribution is 0.0964. The number of nitrogens with one attached hydrogen (secondary N) is 2. The Bertz CT molecular complexity index is 982. The number of nitrogens with zero attached hydrogens (tertiary/aromatic N) is 2. The molecule has 0 bridgehead atoms. The van der Waals surface area contributed by atoms with Crippen molar-refractivity contribution in [3.8, 4) is 0 Å². The van der Waals surface area contributed by atoms with Crippen LogP contribution >= 0.6 is 0 Å². The third kappa shape index (κ3) is 3.33. The van der Waals surface area contributed by atoms with Crippen LogP contribution in [0.1, 0.15) is 32.1 Å². The van der Waals surface area contributed by atoms with Gasteiger partial charge in [-0.05, 0) is 44.2 Å². The number of fused-ring (bicyclic) bond motifs is 1. The molecule has 2 aromatic carbocycles. The number of rotatable bonds is 3. The Morgan fingerprint density at radius 3 is 2.28 bits per heavy atom. The highest BCUT2D eigenvalue weighted by Crippen LogP contribution is 2.18. The number of para-hydroxylation sites is 1. The lowest BCUT2D eigenvalue weighted by atomic mass is 10.1. The summed E-state index contributed by atoms with van der Waals surface area (Å²) in [5, 5.41) is 5.35. The SMILES string of the molecule is CNC(=O)c1ccccc1NC(=O)c1ccc2nc(C)c(C)nc2c1. The Hall–Kier alpha value is -3.28. The smallest absolute Gasteiger partial charge is 0.255 e. The minimum absolute atomic E-state index is 0.258. The van der Waals surface area contributed by atoms with Crippen LogP contribution in [0.25, 0.3) is 11.0 Å². The van der Waals surface area contributed by atoms with Crippen LogP contribution in [0.3, 0.4) is 0 Å². The Morgan fingerprint density at radius 1 is 0.880 bits per heavy atom. The van der Waals surface area contributed by atoms with Crippen LogP contribution in [0.4, 0.5) is 5.69 Å². The van der Waals surface area contributed by atoms with E-state index in [1.54, 1.807) is 49.5 Å². The molecule has 1 aromatic heterocycles. The van der Waals surface area contributed by atoms with E-state index in [9.17, 15) is 9.59 Å². The van der Waals surface area contributed by atoms with Crippen LogP contribution in [-0.4, -0.2) is 28.8 Å². The highest BCUT2D eigenvalue weighted by Gasteiger charge is 2.14. The van der Waals surface area contributed by atoms with E-state index < -0.39 is 0 Å². The van der Waals surface area contributed by atoms with Crippen LogP contribution in [0.2, 0.25) is 0 Å². The Morgan fingerprint density at radius 2 is 1.56 bits per heavy atom. The van der Waals surface area contributed by atoms with Gasteiger partial charge < -0.3 is 10.6 Å². The average Bonchev–Trinajstić information content (AvgIpc) is 2.62. The molecular weight excluding hydrogens is 316 g/mol. The van der Waals surface area contributed by atoms with E-state index in [2.05, 4.69) is 20.6 Å². The van der Waals surface area contributed by atoms with Crippen molar-refractivity contribution in [1.82, 2.24) is 15.3 Å². The van der Waals surface area contributed by atoms with Crippen molar-refractivity contribution in [2.24, 2.45) is 0 Å². The lowest BCUT2D eigenvalue weighted by Crippen LogP contribution is -2.21. The maximum atomic E-state index is 12.6. The third-order valence-corrected chi connectivity index (χ3v) is 3.98. The number of amides is 2. The van der Waals surface area contributed by atoms with Crippen LogP contribution < -0.4 is 10.6 Å². The molecule has 0 saturated heterocycles. The largest absolute Gasteiger partial charge is 0.355 e. The van der Waals surface area contributed by atoms with Crippen molar-refractivity contribution in [3.05, 3.63) is 65.0 Å². The van der Waals surface area contributed by atoms with Gasteiger partial charge in [0.25, 0.3) is 11.8 Å². The topological polar surface area (TPSA) is 84.0 Å². The molecule has 0 spiro atoms. The first kappa shape index (κ1) is 16.6. The van der Waals surface area contributed by atoms with Crippen LogP contribution in [0.5, 0.6) is 0 Å². The first-order valence-corrected chi connectivity index (χ1v) is 7.87. The molecule has 0 atom stereocenters. The molecule has 2 N–H and O–H groups in total. The summed E-state index contributed by atoms with van der Waals surface area (Å²) in [4.78, 5) is 33.4. The number of carbonyl (C=O) groups excluding carboxylic acids is 2. The second-order valence-corrected chi connectivity index (χ2v) is 5.68. The average molecular weight is 334 g/mol. The number of aromatic nitrogens is 2. The molecule has 0 radical (unpaired) electrons. The molecule has 126 valence electrons. The first-order chi connectivity index (χ1) is 12.0. The minimum Gasteiger partial charge on any atom is -0.355 e. The van der Waals surface area contributed by atoms with Gasteiger partial charge in [-0.1, -0.05) is 12.1 Å². The zero-order valence-electron chi connectivity index (χ0n) is 14.3. The Labute approximate surface area is 145 Å². The molecule has 0 aliphatic rings. The van der Waals surface area contributed by atoms with Crippen molar-refractivity contribution in [2.45, 2.75) is 13.8 Å². The van der Waals surface area contributed by atoms with Gasteiger partial charge in [0.2, 0.25) is 0 Å². The highest BCUT2D eigenvalue weighted by atomic mass is 16.2. The van der Waals surface area contributed by atoms with E-state index in [4.69, 9.17) is 0 Å². The second kappa shape index (κ2) is 6.68. The van der Waals surface area contributed by atoms with Gasteiger partial charge in [0, 0.05) is 12.6 Å². The molecular formula is C19H18N4O2. The van der Waals surface area contributed by atoms with Crippen molar-refractivity contribution in [3.63, 3.8) is 0 Å². The van der Waals surface area contributed by atoms with Crippen molar-refractivity contribution >= 4 is 28.5 Å². The molecule has 6 heteroatoms. The summed E-state index contributed by atoms with van der Waals surface area (Å²) in [5.41, 5.74) is 4.42. The summed E-state index contributed by atoms with van der Waals surface area (Å²) >= 11 is 0. The van der Waals surface area contributed by atoms with Gasteiger partial charge >= 0.3 is 0 Å². The maximum absolute atomic E-state index is 12.6.